The van der Waals surface area contributed by atoms with Gasteiger partial charge in [0.2, 0.25) is 5.91 Å². The number of aliphatic carboxylic acids is 1. The molecule has 1 unspecified atom stereocenters. The van der Waals surface area contributed by atoms with Crippen molar-refractivity contribution in [3.63, 3.8) is 0 Å². The number of carboxylic acid groups (broad SMARTS) is 1. The second-order valence-electron chi connectivity index (χ2n) is 7.88. The van der Waals surface area contributed by atoms with Gasteiger partial charge in [0.05, 0.1) is 46.3 Å². The first-order valence-electron chi connectivity index (χ1n) is 10.8. The smallest absolute Gasteiger partial charge is 0.257 e. The van der Waals surface area contributed by atoms with Gasteiger partial charge in [-0.25, -0.2) is 4.98 Å². The fourth-order valence-electron chi connectivity index (χ4n) is 3.85. The molecule has 35 heavy (non-hydrogen) atoms. The lowest BCUT2D eigenvalue weighted by molar-refractivity contribution is -0.301. The fraction of sp³-hybridized carbons (Fsp3) is 0.250. The number of aromatic nitrogens is 1. The predicted molar refractivity (Wildman–Crippen MR) is 135 cm³/mol. The highest BCUT2D eigenvalue weighted by atomic mass is 32.2. The molecule has 2 amide bonds. The van der Waals surface area contributed by atoms with Gasteiger partial charge in [-0.3, -0.25) is 19.8 Å². The number of rotatable bonds is 4. The average molecular weight is 510 g/mol. The van der Waals surface area contributed by atoms with Crippen molar-refractivity contribution in [1.29, 1.82) is 0 Å². The van der Waals surface area contributed by atoms with Crippen molar-refractivity contribution in [1.82, 2.24) is 15.2 Å². The van der Waals surface area contributed by atoms with Crippen LogP contribution in [0.5, 0.6) is 0 Å². The molecular weight excluding hydrogens is 486 g/mol. The molecule has 2 atom stereocenters. The summed E-state index contributed by atoms with van der Waals surface area (Å²) in [6.07, 6.45) is 8.12. The third-order valence-electron chi connectivity index (χ3n) is 5.66. The number of carboxylic acids is 1. The van der Waals surface area contributed by atoms with Crippen molar-refractivity contribution in [2.75, 3.05) is 16.8 Å². The van der Waals surface area contributed by atoms with Gasteiger partial charge >= 0.3 is 0 Å². The number of nitrogens with one attached hydrogen (secondary N) is 2. The van der Waals surface area contributed by atoms with Gasteiger partial charge < -0.3 is 21.0 Å². The summed E-state index contributed by atoms with van der Waals surface area (Å²) < 4.78 is 0. The summed E-state index contributed by atoms with van der Waals surface area (Å²) in [5, 5.41) is 18.8. The van der Waals surface area contributed by atoms with E-state index in [1.165, 1.54) is 22.3 Å². The van der Waals surface area contributed by atoms with E-state index in [2.05, 4.69) is 21.8 Å². The van der Waals surface area contributed by atoms with Crippen molar-refractivity contribution in [3.05, 3.63) is 64.4 Å². The average Bonchev–Trinajstić information content (AvgIpc) is 3.29. The standard InChI is InChI=1S/C16H14N4OS.C8H9NO3S/c1-2-13(14-9-22-16(17)20-14)15(21)19-12-4-3-10-5-6-18-8-11(10)7-12;1-4-6(10)9-5(8(11)12)2-3-13-7(4)9/h2-5,7,9,18H,8H2,1H3,(H2-,17,19,20,21);2,4,7H,3H2,1H3,(H,11,12)/b13-2-;/t;4?,7-/m.0/s1. The second-order valence-corrected chi connectivity index (χ2v) is 9.92. The molecule has 1 aromatic heterocycles. The highest BCUT2D eigenvalue weighted by Gasteiger charge is 2.47. The second kappa shape index (κ2) is 10.3. The first kappa shape index (κ1) is 24.5. The van der Waals surface area contributed by atoms with E-state index in [9.17, 15) is 19.5 Å². The number of allylic oxidation sites excluding steroid dienone is 1. The summed E-state index contributed by atoms with van der Waals surface area (Å²) in [7, 11) is 0. The van der Waals surface area contributed by atoms with Crippen LogP contribution in [-0.2, 0) is 20.9 Å². The highest BCUT2D eigenvalue weighted by Crippen LogP contribution is 2.40. The van der Waals surface area contributed by atoms with Crippen LogP contribution >= 0.6 is 23.1 Å². The number of carbonyl (C=O) groups is 3. The van der Waals surface area contributed by atoms with Crippen molar-refractivity contribution >= 4 is 63.4 Å². The molecule has 11 heteroatoms. The van der Waals surface area contributed by atoms with Crippen LogP contribution in [0.4, 0.5) is 10.8 Å². The first-order valence-corrected chi connectivity index (χ1v) is 12.7. The number of nitrogens with zero attached hydrogens (tertiary/aromatic N) is 2. The fourth-order valence-corrected chi connectivity index (χ4v) is 5.63. The molecular formula is C24H23N5O4S2. The molecule has 3 aliphatic heterocycles. The Balaban J connectivity index is 0.000000189. The van der Waals surface area contributed by atoms with E-state index in [-0.39, 0.29) is 28.8 Å². The summed E-state index contributed by atoms with van der Waals surface area (Å²) in [6, 6.07) is 5.80. The molecule has 180 valence electrons. The molecule has 0 radical (unpaired) electrons. The van der Waals surface area contributed by atoms with Gasteiger partial charge in [-0.1, -0.05) is 13.0 Å². The summed E-state index contributed by atoms with van der Waals surface area (Å²) >= 11 is 2.90. The summed E-state index contributed by atoms with van der Waals surface area (Å²) in [5.74, 6) is -0.993. The van der Waals surface area contributed by atoms with Gasteiger partial charge in [-0.15, -0.1) is 23.1 Å². The molecule has 9 nitrogen and oxygen atoms in total. The maximum atomic E-state index is 12.4. The monoisotopic (exact) mass is 509 g/mol. The van der Waals surface area contributed by atoms with Crippen molar-refractivity contribution in [3.8, 4) is 0 Å². The minimum absolute atomic E-state index is 0.00500. The van der Waals surface area contributed by atoms with E-state index in [1.807, 2.05) is 38.1 Å². The molecule has 0 bridgehead atoms. The lowest BCUT2D eigenvalue weighted by atomic mass is 9.99. The first-order chi connectivity index (χ1) is 16.8. The van der Waals surface area contributed by atoms with Crippen molar-refractivity contribution in [2.24, 2.45) is 5.92 Å². The van der Waals surface area contributed by atoms with Crippen molar-refractivity contribution < 1.29 is 19.5 Å². The summed E-state index contributed by atoms with van der Waals surface area (Å²) in [4.78, 5) is 39.8. The van der Waals surface area contributed by atoms with Crippen molar-refractivity contribution in [2.45, 2.75) is 25.8 Å². The van der Waals surface area contributed by atoms with E-state index in [0.717, 1.165) is 16.8 Å². The zero-order valence-corrected chi connectivity index (χ0v) is 20.7. The topological polar surface area (TPSA) is 140 Å². The number of nitrogens with two attached hydrogens (primary N) is 1. The van der Waals surface area contributed by atoms with E-state index >= 15 is 0 Å². The molecule has 1 saturated heterocycles. The minimum Gasteiger partial charge on any atom is -0.543 e. The van der Waals surface area contributed by atoms with Gasteiger partial charge in [0.1, 0.15) is 5.56 Å². The minimum atomic E-state index is -1.26. The molecule has 0 aliphatic carbocycles. The summed E-state index contributed by atoms with van der Waals surface area (Å²) in [5.41, 5.74) is 9.76. The number of benzene rings is 1. The number of fused-ring (bicyclic) bond motifs is 2. The molecule has 2 aromatic rings. The van der Waals surface area contributed by atoms with Gasteiger partial charge in [-0.2, -0.15) is 0 Å². The third kappa shape index (κ3) is 5.07. The number of anilines is 2. The Morgan fingerprint density at radius 1 is 1.40 bits per heavy atom. The zero-order valence-electron chi connectivity index (χ0n) is 19.0. The predicted octanol–water partition coefficient (Wildman–Crippen LogP) is 1.82. The normalized spacial score (nSPS) is 20.1. The van der Waals surface area contributed by atoms with Crippen LogP contribution in [0.1, 0.15) is 30.7 Å². The van der Waals surface area contributed by atoms with Crippen LogP contribution < -0.4 is 21.5 Å². The number of β-lactam (4-membered cyclic amide) rings is 1. The number of carbonyl (C=O) groups excluding carboxylic acids is 3. The molecule has 4 heterocycles. The Kier molecular flexibility index (Phi) is 7.20. The molecule has 0 spiro atoms. The lowest BCUT2D eigenvalue weighted by Gasteiger charge is -2.48. The van der Waals surface area contributed by atoms with Crippen LogP contribution in [0, 0.1) is 12.1 Å². The number of thioether (sulfide) groups is 1. The van der Waals surface area contributed by atoms with Crippen LogP contribution in [0.3, 0.4) is 0 Å². The van der Waals surface area contributed by atoms with E-state index in [0.29, 0.717) is 28.7 Å². The quantitative estimate of drug-likeness (QED) is 0.322. The van der Waals surface area contributed by atoms with Crippen LogP contribution in [-0.4, -0.2) is 38.8 Å². The molecule has 1 fully saturated rings. The molecule has 3 aliphatic rings. The number of hydrogen-bond donors (Lipinski definition) is 3. The molecule has 0 saturated carbocycles. The number of thiazole rings is 1. The maximum absolute atomic E-state index is 12.4. The van der Waals surface area contributed by atoms with E-state index in [4.69, 9.17) is 5.73 Å². The summed E-state index contributed by atoms with van der Waals surface area (Å²) in [6.45, 7) is 4.32. The Labute approximate surface area is 210 Å². The van der Waals surface area contributed by atoms with Gasteiger partial charge in [0.25, 0.3) is 5.91 Å². The van der Waals surface area contributed by atoms with Crippen LogP contribution in [0.2, 0.25) is 0 Å². The maximum Gasteiger partial charge on any atom is 0.257 e. The molecule has 4 N–H and O–H groups in total. The van der Waals surface area contributed by atoms with Crippen LogP contribution in [0.25, 0.3) is 11.6 Å². The Bertz CT molecular complexity index is 1270. The number of hydrogen-bond acceptors (Lipinski definition) is 9. The highest BCUT2D eigenvalue weighted by molar-refractivity contribution is 8.00. The van der Waals surface area contributed by atoms with Gasteiger partial charge in [0.15, 0.2) is 17.4 Å². The largest absolute Gasteiger partial charge is 0.543 e. The van der Waals surface area contributed by atoms with E-state index in [1.54, 1.807) is 23.2 Å². The Hall–Kier alpha value is -3.66. The number of nitrogen functional groups attached to an aromatic ring is 1. The van der Waals surface area contributed by atoms with E-state index < -0.39 is 5.97 Å². The molecule has 1 aromatic carbocycles. The van der Waals surface area contributed by atoms with Gasteiger partial charge in [-0.05, 0) is 25.1 Å². The van der Waals surface area contributed by atoms with Gasteiger partial charge in [0, 0.05) is 22.9 Å². The number of amides is 2. The van der Waals surface area contributed by atoms with Crippen LogP contribution in [0.15, 0.2) is 41.4 Å². The lowest BCUT2D eigenvalue weighted by Crippen LogP contribution is -2.60. The Morgan fingerprint density at radius 3 is 2.89 bits per heavy atom. The SMILES string of the molecule is C/C=C(\C(=O)Nc1ccc2c(c1)CN[C+]=C2)c1csc(N)n1.CC1C(=O)N2C(C(=O)[O-])=CCS[C@@H]12. The zero-order chi connectivity index (χ0) is 25.1. The third-order valence-corrected chi connectivity index (χ3v) is 7.66. The Morgan fingerprint density at radius 2 is 2.20 bits per heavy atom. The molecule has 5 rings (SSSR count).